The normalized spacial score (nSPS) is 23.4. The predicted octanol–water partition coefficient (Wildman–Crippen LogP) is 3.13. The monoisotopic (exact) mass is 276 g/mol. The van der Waals surface area contributed by atoms with E-state index in [0.717, 1.165) is 18.1 Å². The molecule has 1 saturated heterocycles. The Hall–Kier alpha value is -1.16. The first-order chi connectivity index (χ1) is 9.40. The SMILES string of the molecule is CCC1CCC(C)N1c1ncc(CNC(C)(C)C)cn1. The molecule has 0 spiro atoms. The summed E-state index contributed by atoms with van der Waals surface area (Å²) in [6.45, 7) is 11.8. The number of nitrogens with one attached hydrogen (secondary N) is 1. The minimum absolute atomic E-state index is 0.120. The first kappa shape index (κ1) is 15.2. The zero-order chi connectivity index (χ0) is 14.8. The summed E-state index contributed by atoms with van der Waals surface area (Å²) in [5, 5.41) is 3.46. The first-order valence-corrected chi connectivity index (χ1v) is 7.75. The van der Waals surface area contributed by atoms with Crippen molar-refractivity contribution in [3.63, 3.8) is 0 Å². The van der Waals surface area contributed by atoms with Gasteiger partial charge in [-0.2, -0.15) is 0 Å². The third-order valence-corrected chi connectivity index (χ3v) is 4.00. The van der Waals surface area contributed by atoms with E-state index in [1.165, 1.54) is 19.3 Å². The van der Waals surface area contributed by atoms with Crippen molar-refractivity contribution in [3.05, 3.63) is 18.0 Å². The molecule has 112 valence electrons. The van der Waals surface area contributed by atoms with Crippen LogP contribution in [0.3, 0.4) is 0 Å². The topological polar surface area (TPSA) is 41.1 Å². The van der Waals surface area contributed by atoms with Gasteiger partial charge < -0.3 is 10.2 Å². The molecule has 0 saturated carbocycles. The van der Waals surface area contributed by atoms with Crippen LogP contribution in [0.5, 0.6) is 0 Å². The molecule has 1 aliphatic heterocycles. The fourth-order valence-electron chi connectivity index (χ4n) is 2.77. The van der Waals surface area contributed by atoms with Crippen molar-refractivity contribution >= 4 is 5.95 Å². The molecule has 2 atom stereocenters. The largest absolute Gasteiger partial charge is 0.335 e. The van der Waals surface area contributed by atoms with Crippen LogP contribution in [0, 0.1) is 0 Å². The molecule has 1 aliphatic rings. The van der Waals surface area contributed by atoms with E-state index < -0.39 is 0 Å². The Morgan fingerprint density at radius 3 is 2.45 bits per heavy atom. The Morgan fingerprint density at radius 2 is 1.90 bits per heavy atom. The lowest BCUT2D eigenvalue weighted by molar-refractivity contribution is 0.423. The van der Waals surface area contributed by atoms with Gasteiger partial charge in [-0.25, -0.2) is 9.97 Å². The van der Waals surface area contributed by atoms with Crippen LogP contribution < -0.4 is 10.2 Å². The van der Waals surface area contributed by atoms with E-state index in [1.54, 1.807) is 0 Å². The molecule has 1 aromatic rings. The summed E-state index contributed by atoms with van der Waals surface area (Å²) in [5.41, 5.74) is 1.26. The maximum atomic E-state index is 4.58. The smallest absolute Gasteiger partial charge is 0.225 e. The Labute approximate surface area is 123 Å². The molecule has 2 heterocycles. The third-order valence-electron chi connectivity index (χ3n) is 4.00. The van der Waals surface area contributed by atoms with Crippen molar-refractivity contribution in [3.8, 4) is 0 Å². The van der Waals surface area contributed by atoms with Crippen molar-refractivity contribution in [2.75, 3.05) is 4.90 Å². The van der Waals surface area contributed by atoms with Crippen LogP contribution in [0.2, 0.25) is 0 Å². The molecule has 0 bridgehead atoms. The van der Waals surface area contributed by atoms with Crippen LogP contribution in [-0.2, 0) is 6.54 Å². The number of hydrogen-bond acceptors (Lipinski definition) is 4. The number of anilines is 1. The minimum atomic E-state index is 0.120. The molecule has 0 aromatic carbocycles. The maximum Gasteiger partial charge on any atom is 0.225 e. The molecule has 4 nitrogen and oxygen atoms in total. The molecule has 4 heteroatoms. The van der Waals surface area contributed by atoms with Gasteiger partial charge in [-0.15, -0.1) is 0 Å². The summed E-state index contributed by atoms with van der Waals surface area (Å²) >= 11 is 0. The molecule has 0 amide bonds. The third kappa shape index (κ3) is 3.69. The van der Waals surface area contributed by atoms with E-state index in [-0.39, 0.29) is 5.54 Å². The van der Waals surface area contributed by atoms with Crippen LogP contribution in [0.1, 0.15) is 59.4 Å². The second-order valence-electron chi connectivity index (χ2n) is 6.89. The number of nitrogens with zero attached hydrogens (tertiary/aromatic N) is 3. The highest BCUT2D eigenvalue weighted by Gasteiger charge is 2.30. The summed E-state index contributed by atoms with van der Waals surface area (Å²) in [6.07, 6.45) is 7.59. The van der Waals surface area contributed by atoms with Gasteiger partial charge in [0.15, 0.2) is 0 Å². The lowest BCUT2D eigenvalue weighted by Crippen LogP contribution is -2.36. The van der Waals surface area contributed by atoms with Crippen molar-refractivity contribution in [2.24, 2.45) is 0 Å². The van der Waals surface area contributed by atoms with Crippen LogP contribution in [0.4, 0.5) is 5.95 Å². The van der Waals surface area contributed by atoms with Gasteiger partial charge in [0.1, 0.15) is 0 Å². The zero-order valence-electron chi connectivity index (χ0n) is 13.5. The van der Waals surface area contributed by atoms with Crippen molar-refractivity contribution < 1.29 is 0 Å². The molecular weight excluding hydrogens is 248 g/mol. The first-order valence-electron chi connectivity index (χ1n) is 7.75. The fraction of sp³-hybridized carbons (Fsp3) is 0.750. The van der Waals surface area contributed by atoms with Crippen LogP contribution in [0.15, 0.2) is 12.4 Å². The summed E-state index contributed by atoms with van der Waals surface area (Å²) in [6, 6.07) is 1.15. The molecule has 20 heavy (non-hydrogen) atoms. The van der Waals surface area contributed by atoms with Gasteiger partial charge in [-0.1, -0.05) is 6.92 Å². The minimum Gasteiger partial charge on any atom is -0.335 e. The second-order valence-corrected chi connectivity index (χ2v) is 6.89. The van der Waals surface area contributed by atoms with Gasteiger partial charge >= 0.3 is 0 Å². The Kier molecular flexibility index (Phi) is 4.63. The van der Waals surface area contributed by atoms with Crippen molar-refractivity contribution in [1.82, 2.24) is 15.3 Å². The van der Waals surface area contributed by atoms with Crippen LogP contribution in [0.25, 0.3) is 0 Å². The highest BCUT2D eigenvalue weighted by Crippen LogP contribution is 2.29. The van der Waals surface area contributed by atoms with Crippen LogP contribution >= 0.6 is 0 Å². The van der Waals surface area contributed by atoms with Gasteiger partial charge in [-0.05, 0) is 47.0 Å². The van der Waals surface area contributed by atoms with Gasteiger partial charge in [0, 0.05) is 42.1 Å². The molecule has 1 aromatic heterocycles. The maximum absolute atomic E-state index is 4.58. The van der Waals surface area contributed by atoms with E-state index in [0.29, 0.717) is 12.1 Å². The summed E-state index contributed by atoms with van der Waals surface area (Å²) in [4.78, 5) is 11.6. The second kappa shape index (κ2) is 6.08. The van der Waals surface area contributed by atoms with Crippen molar-refractivity contribution in [2.45, 2.75) is 78.0 Å². The van der Waals surface area contributed by atoms with Gasteiger partial charge in [-0.3, -0.25) is 0 Å². The van der Waals surface area contributed by atoms with Gasteiger partial charge in [0.2, 0.25) is 5.95 Å². The summed E-state index contributed by atoms with van der Waals surface area (Å²) in [7, 11) is 0. The Balaban J connectivity index is 2.04. The van der Waals surface area contributed by atoms with Crippen LogP contribution in [-0.4, -0.2) is 27.6 Å². The van der Waals surface area contributed by atoms with Gasteiger partial charge in [0.25, 0.3) is 0 Å². The van der Waals surface area contributed by atoms with E-state index >= 15 is 0 Å². The quantitative estimate of drug-likeness (QED) is 0.917. The number of aromatic nitrogens is 2. The van der Waals surface area contributed by atoms with Gasteiger partial charge in [0.05, 0.1) is 0 Å². The molecule has 0 radical (unpaired) electrons. The highest BCUT2D eigenvalue weighted by atomic mass is 15.3. The lowest BCUT2D eigenvalue weighted by Gasteiger charge is -2.28. The number of hydrogen-bond donors (Lipinski definition) is 1. The fourth-order valence-corrected chi connectivity index (χ4v) is 2.77. The van der Waals surface area contributed by atoms with Crippen molar-refractivity contribution in [1.29, 1.82) is 0 Å². The molecule has 2 unspecified atom stereocenters. The molecular formula is C16H28N4. The average Bonchev–Trinajstić information content (AvgIpc) is 2.77. The molecule has 0 aliphatic carbocycles. The predicted molar refractivity (Wildman–Crippen MR) is 83.9 cm³/mol. The Morgan fingerprint density at radius 1 is 1.25 bits per heavy atom. The average molecular weight is 276 g/mol. The Bertz CT molecular complexity index is 421. The zero-order valence-corrected chi connectivity index (χ0v) is 13.5. The summed E-state index contributed by atoms with van der Waals surface area (Å²) < 4.78 is 0. The van der Waals surface area contributed by atoms with E-state index in [4.69, 9.17) is 0 Å². The lowest BCUT2D eigenvalue weighted by atomic mass is 10.1. The molecule has 1 N–H and O–H groups in total. The summed E-state index contributed by atoms with van der Waals surface area (Å²) in [5.74, 6) is 0.890. The standard InChI is InChI=1S/C16H28N4/c1-6-14-8-7-12(2)20(14)15-17-9-13(10-18-15)11-19-16(3,4)5/h9-10,12,14,19H,6-8,11H2,1-5H3. The number of rotatable bonds is 4. The molecule has 2 rings (SSSR count). The van der Waals surface area contributed by atoms with E-state index in [1.807, 2.05) is 12.4 Å². The highest BCUT2D eigenvalue weighted by molar-refractivity contribution is 5.35. The van der Waals surface area contributed by atoms with E-state index in [9.17, 15) is 0 Å². The van der Waals surface area contributed by atoms with E-state index in [2.05, 4.69) is 54.8 Å². The molecule has 1 fully saturated rings.